The number of hydrogen-bond donors (Lipinski definition) is 0. The minimum atomic E-state index is -0.469. The van der Waals surface area contributed by atoms with E-state index in [-0.39, 0.29) is 12.5 Å². The molecule has 0 N–H and O–H groups in total. The molecule has 0 aliphatic carbocycles. The number of ether oxygens (including phenoxy) is 1. The van der Waals surface area contributed by atoms with Crippen LogP contribution < -0.4 is 4.90 Å². The number of benzene rings is 2. The number of carbonyl (C=O) groups excluding carboxylic acids is 2. The predicted molar refractivity (Wildman–Crippen MR) is 110 cm³/mol. The molecule has 0 fully saturated rings. The topological polar surface area (TPSA) is 49.9 Å². The summed E-state index contributed by atoms with van der Waals surface area (Å²) in [6, 6.07) is 15.3. The average molecular weight is 387 g/mol. The second-order valence-electron chi connectivity index (χ2n) is 6.32. The van der Waals surface area contributed by atoms with Gasteiger partial charge in [-0.1, -0.05) is 31.2 Å². The molecule has 0 radical (unpaired) electrons. The average Bonchev–Trinajstić information content (AvgIpc) is 2.67. The van der Waals surface area contributed by atoms with Gasteiger partial charge in [-0.05, 0) is 35.6 Å². The summed E-state index contributed by atoms with van der Waals surface area (Å²) in [5, 5.41) is 0. The van der Waals surface area contributed by atoms with Gasteiger partial charge in [0.05, 0.1) is 5.56 Å². The number of hydrogen-bond acceptors (Lipinski definition) is 5. The fourth-order valence-corrected chi connectivity index (χ4v) is 3.29. The van der Waals surface area contributed by atoms with Gasteiger partial charge in [0, 0.05) is 38.3 Å². The number of nitrogens with zero attached hydrogens (tertiary/aromatic N) is 2. The van der Waals surface area contributed by atoms with Gasteiger partial charge in [0.2, 0.25) is 0 Å². The Labute approximate surface area is 165 Å². The summed E-state index contributed by atoms with van der Waals surface area (Å²) < 4.78 is 5.24. The third-order valence-electron chi connectivity index (χ3n) is 4.03. The Morgan fingerprint density at radius 3 is 2.30 bits per heavy atom. The lowest BCUT2D eigenvalue weighted by atomic mass is 10.2. The molecule has 0 aliphatic rings. The van der Waals surface area contributed by atoms with Gasteiger partial charge in [0.25, 0.3) is 5.91 Å². The first kappa shape index (κ1) is 20.8. The highest BCUT2D eigenvalue weighted by molar-refractivity contribution is 7.99. The van der Waals surface area contributed by atoms with Crippen LogP contribution in [0.25, 0.3) is 0 Å². The maximum atomic E-state index is 12.3. The summed E-state index contributed by atoms with van der Waals surface area (Å²) in [7, 11) is 5.67. The first-order chi connectivity index (χ1) is 12.9. The van der Waals surface area contributed by atoms with Crippen LogP contribution in [-0.2, 0) is 16.1 Å². The van der Waals surface area contributed by atoms with E-state index >= 15 is 0 Å². The van der Waals surface area contributed by atoms with E-state index in [0.717, 1.165) is 21.9 Å². The molecule has 2 aromatic carbocycles. The van der Waals surface area contributed by atoms with Gasteiger partial charge in [-0.2, -0.15) is 0 Å². The van der Waals surface area contributed by atoms with Gasteiger partial charge < -0.3 is 14.5 Å². The number of carbonyl (C=O) groups is 2. The molecule has 2 rings (SSSR count). The van der Waals surface area contributed by atoms with Gasteiger partial charge in [0.15, 0.2) is 6.61 Å². The highest BCUT2D eigenvalue weighted by Crippen LogP contribution is 2.23. The van der Waals surface area contributed by atoms with Crippen molar-refractivity contribution in [3.8, 4) is 0 Å². The molecule has 0 unspecified atom stereocenters. The van der Waals surface area contributed by atoms with Crippen LogP contribution in [0.4, 0.5) is 5.69 Å². The molecule has 2 aromatic rings. The van der Waals surface area contributed by atoms with E-state index in [0.29, 0.717) is 12.1 Å². The zero-order valence-electron chi connectivity index (χ0n) is 16.3. The van der Waals surface area contributed by atoms with Crippen LogP contribution in [0, 0.1) is 0 Å². The first-order valence-corrected chi connectivity index (χ1v) is 9.80. The highest BCUT2D eigenvalue weighted by Gasteiger charge is 2.16. The number of anilines is 1. The van der Waals surface area contributed by atoms with Crippen molar-refractivity contribution in [1.82, 2.24) is 4.90 Å². The number of likely N-dealkylation sites (N-methyl/N-ethyl adjacent to an activating group) is 1. The van der Waals surface area contributed by atoms with E-state index in [2.05, 4.69) is 0 Å². The molecule has 0 saturated heterocycles. The van der Waals surface area contributed by atoms with Crippen molar-refractivity contribution in [3.05, 3.63) is 59.7 Å². The van der Waals surface area contributed by atoms with Crippen molar-refractivity contribution >= 4 is 29.3 Å². The smallest absolute Gasteiger partial charge is 0.339 e. The predicted octanol–water partition coefficient (Wildman–Crippen LogP) is 3.68. The zero-order valence-corrected chi connectivity index (χ0v) is 17.1. The third kappa shape index (κ3) is 6.03. The second-order valence-corrected chi connectivity index (χ2v) is 7.62. The molecule has 0 bridgehead atoms. The number of esters is 1. The maximum absolute atomic E-state index is 12.3. The number of amides is 1. The van der Waals surface area contributed by atoms with Crippen LogP contribution >= 0.6 is 11.8 Å². The Bertz CT molecular complexity index is 775. The lowest BCUT2D eigenvalue weighted by molar-refractivity contribution is -0.133. The van der Waals surface area contributed by atoms with Crippen molar-refractivity contribution in [2.75, 3.05) is 38.4 Å². The second kappa shape index (κ2) is 10.0. The minimum absolute atomic E-state index is 0.235. The molecule has 0 heterocycles. The van der Waals surface area contributed by atoms with E-state index in [9.17, 15) is 9.59 Å². The van der Waals surface area contributed by atoms with Crippen molar-refractivity contribution in [1.29, 1.82) is 0 Å². The Balaban J connectivity index is 1.90. The summed E-state index contributed by atoms with van der Waals surface area (Å²) in [4.78, 5) is 29.1. The molecule has 0 spiro atoms. The van der Waals surface area contributed by atoms with Crippen LogP contribution in [0.1, 0.15) is 22.8 Å². The van der Waals surface area contributed by atoms with Crippen LogP contribution in [-0.4, -0.2) is 50.3 Å². The highest BCUT2D eigenvalue weighted by atomic mass is 32.2. The molecule has 5 nitrogen and oxygen atoms in total. The first-order valence-electron chi connectivity index (χ1n) is 8.81. The Morgan fingerprint density at radius 2 is 1.67 bits per heavy atom. The van der Waals surface area contributed by atoms with Crippen molar-refractivity contribution in [3.63, 3.8) is 0 Å². The fraction of sp³-hybridized carbons (Fsp3) is 0.333. The minimum Gasteiger partial charge on any atom is -0.452 e. The van der Waals surface area contributed by atoms with E-state index in [1.54, 1.807) is 35.8 Å². The Hall–Kier alpha value is -2.47. The van der Waals surface area contributed by atoms with E-state index in [1.165, 1.54) is 0 Å². The standard InChI is InChI=1S/C21H26N2O3S/c1-5-27-19-9-7-6-8-18(19)21(25)26-15-20(24)23(4)14-16-10-12-17(13-11-16)22(2)3/h6-13H,5,14-15H2,1-4H3. The molecule has 0 aliphatic heterocycles. The van der Waals surface area contributed by atoms with Crippen molar-refractivity contribution < 1.29 is 14.3 Å². The van der Waals surface area contributed by atoms with Gasteiger partial charge in [-0.15, -0.1) is 11.8 Å². The molecule has 1 amide bonds. The summed E-state index contributed by atoms with van der Waals surface area (Å²) in [5.41, 5.74) is 2.62. The van der Waals surface area contributed by atoms with E-state index in [4.69, 9.17) is 4.74 Å². The van der Waals surface area contributed by atoms with Crippen LogP contribution in [0.15, 0.2) is 53.4 Å². The Morgan fingerprint density at radius 1 is 1.00 bits per heavy atom. The molecular weight excluding hydrogens is 360 g/mol. The Kier molecular flexibility index (Phi) is 7.73. The summed E-state index contributed by atoms with van der Waals surface area (Å²) in [6.07, 6.45) is 0. The van der Waals surface area contributed by atoms with Crippen molar-refractivity contribution in [2.45, 2.75) is 18.4 Å². The normalized spacial score (nSPS) is 10.4. The lowest BCUT2D eigenvalue weighted by Gasteiger charge is -2.18. The SMILES string of the molecule is CCSc1ccccc1C(=O)OCC(=O)N(C)Cc1ccc(N(C)C)cc1. The van der Waals surface area contributed by atoms with Crippen LogP contribution in [0.3, 0.4) is 0 Å². The molecule has 0 atom stereocenters. The van der Waals surface area contributed by atoms with Crippen LogP contribution in [0.5, 0.6) is 0 Å². The largest absolute Gasteiger partial charge is 0.452 e. The summed E-state index contributed by atoms with van der Waals surface area (Å²) in [6.45, 7) is 2.22. The van der Waals surface area contributed by atoms with Gasteiger partial charge in [-0.25, -0.2) is 4.79 Å². The molecule has 0 aromatic heterocycles. The van der Waals surface area contributed by atoms with Gasteiger partial charge >= 0.3 is 5.97 Å². The molecule has 0 saturated carbocycles. The molecule has 6 heteroatoms. The zero-order chi connectivity index (χ0) is 19.8. The summed E-state index contributed by atoms with van der Waals surface area (Å²) in [5.74, 6) is 0.155. The lowest BCUT2D eigenvalue weighted by Crippen LogP contribution is -2.30. The molecule has 144 valence electrons. The van der Waals surface area contributed by atoms with Gasteiger partial charge in [0.1, 0.15) is 0 Å². The number of rotatable bonds is 8. The van der Waals surface area contributed by atoms with Crippen LogP contribution in [0.2, 0.25) is 0 Å². The fourth-order valence-electron chi connectivity index (χ4n) is 2.49. The van der Waals surface area contributed by atoms with Gasteiger partial charge in [-0.3, -0.25) is 4.79 Å². The molecular formula is C21H26N2O3S. The molecule has 27 heavy (non-hydrogen) atoms. The van der Waals surface area contributed by atoms with E-state index in [1.807, 2.05) is 62.3 Å². The quantitative estimate of drug-likeness (QED) is 0.512. The summed E-state index contributed by atoms with van der Waals surface area (Å²) >= 11 is 1.58. The van der Waals surface area contributed by atoms with E-state index < -0.39 is 5.97 Å². The number of thioether (sulfide) groups is 1. The third-order valence-corrected chi connectivity index (χ3v) is 4.99. The van der Waals surface area contributed by atoms with Crippen molar-refractivity contribution in [2.24, 2.45) is 0 Å². The monoisotopic (exact) mass is 386 g/mol. The maximum Gasteiger partial charge on any atom is 0.339 e.